The van der Waals surface area contributed by atoms with Gasteiger partial charge in [-0.05, 0) is 0 Å². The minimum absolute atomic E-state index is 0. The fraction of sp³-hybridized carbons (Fsp3) is 0. The summed E-state index contributed by atoms with van der Waals surface area (Å²) >= 11 is 0. The molecule has 0 atom stereocenters. The summed E-state index contributed by atoms with van der Waals surface area (Å²) in [6.45, 7) is 0. The second-order valence-electron chi connectivity index (χ2n) is 0. The average Bonchev–Trinajstić information content (AvgIpc) is 0. The molecule has 5 heavy (non-hydrogen) atoms. The van der Waals surface area contributed by atoms with Crippen LogP contribution in [0.1, 0.15) is 0 Å². The van der Waals surface area contributed by atoms with Gasteiger partial charge in [0.15, 0.2) is 0 Å². The molecule has 0 spiro atoms. The zero-order valence-corrected chi connectivity index (χ0v) is 4.96. The summed E-state index contributed by atoms with van der Waals surface area (Å²) in [6.07, 6.45) is 0. The van der Waals surface area contributed by atoms with Crippen molar-refractivity contribution in [2.45, 2.75) is 0 Å². The van der Waals surface area contributed by atoms with Crippen molar-refractivity contribution in [3.63, 3.8) is 0 Å². The fourth-order valence-electron chi connectivity index (χ4n) is 0. The molecule has 0 rings (SSSR count). The Balaban J connectivity index is 0. The molecule has 5 heteroatoms. The first-order valence-electron chi connectivity index (χ1n) is 0. The second kappa shape index (κ2) is 125. The first kappa shape index (κ1) is 244. The van der Waals surface area contributed by atoms with Crippen LogP contribution < -0.4 is 0 Å². The van der Waals surface area contributed by atoms with Gasteiger partial charge in [0.1, 0.15) is 0 Å². The molecule has 0 saturated carbocycles. The third-order valence-corrected chi connectivity index (χ3v) is 0. The van der Waals surface area contributed by atoms with Crippen molar-refractivity contribution in [2.24, 2.45) is 0 Å². The molecular formula is H8O4Zr. The van der Waals surface area contributed by atoms with Crippen LogP contribution in [0.4, 0.5) is 0 Å². The monoisotopic (exact) mass is 162 g/mol. The van der Waals surface area contributed by atoms with Gasteiger partial charge in [-0.2, -0.15) is 0 Å². The largest absolute Gasteiger partial charge is 0.412 e. The molecule has 0 unspecified atom stereocenters. The molecule has 0 aromatic carbocycles. The summed E-state index contributed by atoms with van der Waals surface area (Å²) < 4.78 is 0. The summed E-state index contributed by atoms with van der Waals surface area (Å²) in [5.74, 6) is 0. The van der Waals surface area contributed by atoms with E-state index in [1.165, 1.54) is 0 Å². The molecule has 0 saturated heterocycles. The zero-order chi connectivity index (χ0) is 0. The molecule has 0 heterocycles. The molecule has 0 radical (unpaired) electrons. The average molecular weight is 163 g/mol. The normalized spacial score (nSPS) is 0. The zero-order valence-electron chi connectivity index (χ0n) is 2.50. The summed E-state index contributed by atoms with van der Waals surface area (Å²) in [6, 6.07) is 0. The number of rotatable bonds is 0. The Kier molecular flexibility index (Phi) is 6110. The van der Waals surface area contributed by atoms with E-state index in [4.69, 9.17) is 0 Å². The number of hydrogen-bond acceptors (Lipinski definition) is 0. The minimum Gasteiger partial charge on any atom is -0.412 e. The van der Waals surface area contributed by atoms with Crippen LogP contribution in [0, 0.1) is 0 Å². The Bertz CT molecular complexity index is 3.61. The van der Waals surface area contributed by atoms with Crippen LogP contribution in [0.25, 0.3) is 0 Å². The van der Waals surface area contributed by atoms with Crippen molar-refractivity contribution < 1.29 is 48.1 Å². The van der Waals surface area contributed by atoms with Gasteiger partial charge in [0.25, 0.3) is 0 Å². The third kappa shape index (κ3) is 67.0. The van der Waals surface area contributed by atoms with E-state index in [9.17, 15) is 0 Å². The molecule has 0 aliphatic heterocycles. The summed E-state index contributed by atoms with van der Waals surface area (Å²) in [5, 5.41) is 0. The molecule has 0 aliphatic carbocycles. The molecule has 8 N–H and O–H groups in total. The molecule has 0 aromatic heterocycles. The standard InChI is InChI=1S/4H2O.Zr/h4*1H2;. The fourth-order valence-corrected chi connectivity index (χ4v) is 0. The summed E-state index contributed by atoms with van der Waals surface area (Å²) in [7, 11) is 0. The first-order valence-corrected chi connectivity index (χ1v) is 0. The summed E-state index contributed by atoms with van der Waals surface area (Å²) in [4.78, 5) is 0. The van der Waals surface area contributed by atoms with Gasteiger partial charge in [0.05, 0.1) is 0 Å². The van der Waals surface area contributed by atoms with Crippen molar-refractivity contribution in [3.05, 3.63) is 0 Å². The molecule has 0 aliphatic rings. The van der Waals surface area contributed by atoms with Crippen molar-refractivity contribution in [1.82, 2.24) is 0 Å². The maximum atomic E-state index is 0. The summed E-state index contributed by atoms with van der Waals surface area (Å²) in [5.41, 5.74) is 0. The van der Waals surface area contributed by atoms with E-state index in [1.54, 1.807) is 0 Å². The van der Waals surface area contributed by atoms with E-state index >= 15 is 0 Å². The van der Waals surface area contributed by atoms with Crippen LogP contribution in [-0.2, 0) is 26.2 Å². The van der Waals surface area contributed by atoms with Crippen LogP contribution in [0.2, 0.25) is 0 Å². The van der Waals surface area contributed by atoms with Gasteiger partial charge in [-0.15, -0.1) is 0 Å². The van der Waals surface area contributed by atoms with E-state index in [-0.39, 0.29) is 48.1 Å². The van der Waals surface area contributed by atoms with Crippen molar-refractivity contribution in [3.8, 4) is 0 Å². The van der Waals surface area contributed by atoms with E-state index in [0.717, 1.165) is 0 Å². The quantitative estimate of drug-likeness (QED) is 0.354. The second-order valence-corrected chi connectivity index (χ2v) is 0. The Morgan fingerprint density at radius 1 is 0.400 bits per heavy atom. The molecular weight excluding hydrogens is 155 g/mol. The van der Waals surface area contributed by atoms with Gasteiger partial charge in [-0.25, -0.2) is 0 Å². The van der Waals surface area contributed by atoms with Gasteiger partial charge in [0, 0.05) is 26.2 Å². The van der Waals surface area contributed by atoms with Crippen LogP contribution in [0.3, 0.4) is 0 Å². The van der Waals surface area contributed by atoms with Crippen LogP contribution >= 0.6 is 0 Å². The van der Waals surface area contributed by atoms with Crippen molar-refractivity contribution >= 4 is 0 Å². The third-order valence-electron chi connectivity index (χ3n) is 0. The Hall–Kier alpha value is 0.723. The van der Waals surface area contributed by atoms with Gasteiger partial charge in [-0.3, -0.25) is 0 Å². The van der Waals surface area contributed by atoms with Crippen LogP contribution in [-0.4, -0.2) is 21.9 Å². The minimum atomic E-state index is 0. The maximum absolute atomic E-state index is 0. The van der Waals surface area contributed by atoms with Gasteiger partial charge < -0.3 is 21.9 Å². The Morgan fingerprint density at radius 3 is 0.400 bits per heavy atom. The van der Waals surface area contributed by atoms with Gasteiger partial charge in [-0.1, -0.05) is 0 Å². The predicted octanol–water partition coefficient (Wildman–Crippen LogP) is -3.30. The van der Waals surface area contributed by atoms with Crippen molar-refractivity contribution in [1.29, 1.82) is 0 Å². The van der Waals surface area contributed by atoms with Gasteiger partial charge >= 0.3 is 0 Å². The Labute approximate surface area is 48.5 Å². The van der Waals surface area contributed by atoms with Crippen molar-refractivity contribution in [2.75, 3.05) is 0 Å². The number of hydrogen-bond donors (Lipinski definition) is 0. The smallest absolute Gasteiger partial charge is 0 e. The molecule has 0 aromatic rings. The molecule has 0 fully saturated rings. The Morgan fingerprint density at radius 2 is 0.400 bits per heavy atom. The predicted molar refractivity (Wildman–Crippen MR) is 14.5 cm³/mol. The molecule has 0 bridgehead atoms. The van der Waals surface area contributed by atoms with Crippen LogP contribution in [0.15, 0.2) is 0 Å². The van der Waals surface area contributed by atoms with Crippen LogP contribution in [0.5, 0.6) is 0 Å². The molecule has 0 amide bonds. The first-order chi connectivity index (χ1) is 0. The topological polar surface area (TPSA) is 126 Å². The van der Waals surface area contributed by atoms with E-state index in [2.05, 4.69) is 0 Å². The van der Waals surface area contributed by atoms with E-state index in [1.807, 2.05) is 0 Å². The van der Waals surface area contributed by atoms with E-state index < -0.39 is 0 Å². The van der Waals surface area contributed by atoms with E-state index in [0.29, 0.717) is 0 Å². The SMILES string of the molecule is O.O.O.O.[Zr]. The molecule has 36 valence electrons. The molecule has 4 nitrogen and oxygen atoms in total. The maximum Gasteiger partial charge on any atom is 0 e. The van der Waals surface area contributed by atoms with Gasteiger partial charge in [0.2, 0.25) is 0 Å².